The number of nitrogen functional groups attached to an aromatic ring is 1. The Morgan fingerprint density at radius 2 is 1.76 bits per heavy atom. The Hall–Kier alpha value is -3.66. The lowest BCUT2D eigenvalue weighted by atomic mass is 9.92. The third kappa shape index (κ3) is 25.5. The van der Waals surface area contributed by atoms with Crippen LogP contribution >= 0.6 is 23.3 Å². The first-order valence-corrected chi connectivity index (χ1v) is 22.6. The number of aromatic nitrogens is 1. The van der Waals surface area contributed by atoms with Crippen LogP contribution in [-0.4, -0.2) is 95.0 Å². The van der Waals surface area contributed by atoms with Crippen molar-refractivity contribution in [3.63, 3.8) is 0 Å². The molecule has 13 nitrogen and oxygen atoms in total. The molecule has 1 aromatic carbocycles. The van der Waals surface area contributed by atoms with Crippen molar-refractivity contribution in [1.29, 1.82) is 0 Å². The maximum Gasteiger partial charge on any atom is 0.220 e. The summed E-state index contributed by atoms with van der Waals surface area (Å²) in [5.41, 5.74) is 16.3. The van der Waals surface area contributed by atoms with Gasteiger partial charge in [0.15, 0.2) is 5.82 Å². The van der Waals surface area contributed by atoms with Crippen LogP contribution in [0.3, 0.4) is 0 Å². The van der Waals surface area contributed by atoms with Crippen LogP contribution in [0.1, 0.15) is 125 Å². The summed E-state index contributed by atoms with van der Waals surface area (Å²) < 4.78 is 5.39. The van der Waals surface area contributed by atoms with Gasteiger partial charge in [0.2, 0.25) is 5.91 Å². The largest absolute Gasteiger partial charge is 0.390 e. The van der Waals surface area contributed by atoms with E-state index >= 15 is 0 Å². The molecule has 15 heteroatoms. The molecule has 1 amide bonds. The zero-order valence-electron chi connectivity index (χ0n) is 37.5. The van der Waals surface area contributed by atoms with Gasteiger partial charge in [0.1, 0.15) is 18.8 Å². The number of fused-ring (bicyclic) bond motifs is 1. The van der Waals surface area contributed by atoms with Crippen molar-refractivity contribution >= 4 is 83.0 Å². The molecule has 1 unspecified atom stereocenters. The first-order valence-electron chi connectivity index (χ1n) is 21.0. The van der Waals surface area contributed by atoms with Gasteiger partial charge in [-0.1, -0.05) is 57.7 Å². The molecule has 2 aromatic rings. The maximum atomic E-state index is 12.5. The lowest BCUT2D eigenvalue weighted by Crippen LogP contribution is -2.50. The normalized spacial score (nSPS) is 13.1. The van der Waals surface area contributed by atoms with Gasteiger partial charge in [0.25, 0.3) is 0 Å². The van der Waals surface area contributed by atoms with Gasteiger partial charge in [-0.05, 0) is 97.9 Å². The number of ether oxygens (including phenoxy) is 1. The maximum absolute atomic E-state index is 12.5. The number of benzene rings is 1. The highest BCUT2D eigenvalue weighted by molar-refractivity contribution is 8.59. The number of para-hydroxylation sites is 1. The molecular formula is C44H79N9O4S2. The predicted molar refractivity (Wildman–Crippen MR) is 260 cm³/mol. The Kier molecular flexibility index (Phi) is 36.4. The summed E-state index contributed by atoms with van der Waals surface area (Å²) in [6, 6.07) is 8.51. The van der Waals surface area contributed by atoms with Gasteiger partial charge in [-0.3, -0.25) is 14.8 Å². The SMILES string of the molecule is C=O.CCC1=C(C)C(CCCCN=CN)N1.CCCCCCC=O.CCOCC=Nc1c(N)nc2ccccc2c1N(C)CC(C)(C)NC(=O)CCCCCNC.SS. The monoisotopic (exact) mass is 862 g/mol. The molecule has 3 rings (SSSR count). The van der Waals surface area contributed by atoms with E-state index in [4.69, 9.17) is 21.0 Å². The molecule has 0 aliphatic carbocycles. The van der Waals surface area contributed by atoms with Crippen molar-refractivity contribution < 1.29 is 19.1 Å². The standard InChI is InChI=1S/C25H40N6O2.C11H21N3.C7H14O.CH2O.H2S2/c1-6-33-17-16-28-22-23(19-12-9-10-13-20(19)29-24(22)26)31(5)18-25(2,3)30-21(32)14-8-7-11-15-27-4;1-3-10-9(2)11(14-10)6-4-5-7-13-8-12;1-2-3-4-5-6-7-8;2*1-2/h9-10,12-13,16,27H,6-8,11,14-15,17-18H2,1-5H3,(H2,26,29)(H,30,32);8,11,14H,3-7H2,1-2H3,(H2,12,13);7H,2-6H2,1H3;1H2;1-2H. The minimum atomic E-state index is -0.442. The fourth-order valence-electron chi connectivity index (χ4n) is 6.45. The number of thiol groups is 2. The second kappa shape index (κ2) is 37.3. The van der Waals surface area contributed by atoms with Crippen LogP contribution in [-0.2, 0) is 19.1 Å². The number of aliphatic imine (C=N–C) groups is 2. The van der Waals surface area contributed by atoms with Crippen LogP contribution in [0.5, 0.6) is 0 Å². The van der Waals surface area contributed by atoms with Crippen molar-refractivity contribution in [1.82, 2.24) is 20.9 Å². The average Bonchev–Trinajstić information content (AvgIpc) is 3.23. The minimum Gasteiger partial charge on any atom is -0.390 e. The Morgan fingerprint density at radius 1 is 1.07 bits per heavy atom. The van der Waals surface area contributed by atoms with Crippen LogP contribution in [0.2, 0.25) is 0 Å². The number of nitrogens with one attached hydrogen (secondary N) is 3. The Balaban J connectivity index is 0. The van der Waals surface area contributed by atoms with E-state index in [-0.39, 0.29) is 5.91 Å². The Morgan fingerprint density at radius 3 is 2.37 bits per heavy atom. The van der Waals surface area contributed by atoms with Crippen molar-refractivity contribution in [3.05, 3.63) is 35.5 Å². The van der Waals surface area contributed by atoms with Crippen LogP contribution in [0.15, 0.2) is 45.5 Å². The number of nitrogens with two attached hydrogens (primary N) is 2. The summed E-state index contributed by atoms with van der Waals surface area (Å²) in [7, 11) is 3.94. The third-order valence-corrected chi connectivity index (χ3v) is 9.32. The molecule has 336 valence electrons. The average molecular weight is 862 g/mol. The van der Waals surface area contributed by atoms with E-state index < -0.39 is 5.54 Å². The van der Waals surface area contributed by atoms with E-state index in [2.05, 4.69) is 79.9 Å². The molecular weight excluding hydrogens is 783 g/mol. The zero-order valence-corrected chi connectivity index (χ0v) is 39.3. The van der Waals surface area contributed by atoms with Gasteiger partial charge >= 0.3 is 0 Å². The topological polar surface area (TPSA) is 189 Å². The summed E-state index contributed by atoms with van der Waals surface area (Å²) in [6.45, 7) is 18.1. The molecule has 2 heterocycles. The van der Waals surface area contributed by atoms with Gasteiger partial charge in [-0.25, -0.2) is 4.98 Å². The first kappa shape index (κ1) is 57.4. The van der Waals surface area contributed by atoms with E-state index in [0.29, 0.717) is 43.7 Å². The van der Waals surface area contributed by atoms with E-state index in [9.17, 15) is 9.59 Å². The molecule has 1 aromatic heterocycles. The summed E-state index contributed by atoms with van der Waals surface area (Å²) in [6.07, 6.45) is 18.0. The number of amides is 1. The number of aldehydes is 1. The van der Waals surface area contributed by atoms with Gasteiger partial charge < -0.3 is 46.6 Å². The highest BCUT2D eigenvalue weighted by Crippen LogP contribution is 2.39. The van der Waals surface area contributed by atoms with E-state index in [1.807, 2.05) is 65.9 Å². The molecule has 1 atom stereocenters. The van der Waals surface area contributed by atoms with Gasteiger partial charge in [-0.2, -0.15) is 0 Å². The van der Waals surface area contributed by atoms with Crippen molar-refractivity contribution in [2.45, 2.75) is 137 Å². The number of nitrogens with zero attached hydrogens (tertiary/aromatic N) is 4. The highest BCUT2D eigenvalue weighted by Gasteiger charge is 2.26. The number of carbonyl (C=O) groups excluding carboxylic acids is 3. The quantitative estimate of drug-likeness (QED) is 0.0128. The number of unbranched alkanes of at least 4 members (excludes halogenated alkanes) is 7. The summed E-state index contributed by atoms with van der Waals surface area (Å²) in [4.78, 5) is 45.5. The number of carbonyl (C=O) groups is 3. The number of allylic oxidation sites excluding steroid dienone is 1. The smallest absolute Gasteiger partial charge is 0.220 e. The molecule has 59 heavy (non-hydrogen) atoms. The van der Waals surface area contributed by atoms with Crippen LogP contribution < -0.4 is 32.3 Å². The molecule has 0 fully saturated rings. The molecule has 7 N–H and O–H groups in total. The fraction of sp³-hybridized carbons (Fsp3) is 0.636. The minimum absolute atomic E-state index is 0.0758. The second-order valence-electron chi connectivity index (χ2n) is 14.7. The predicted octanol–water partition coefficient (Wildman–Crippen LogP) is 8.20. The molecule has 0 spiro atoms. The summed E-state index contributed by atoms with van der Waals surface area (Å²) >= 11 is 6.44. The summed E-state index contributed by atoms with van der Waals surface area (Å²) in [5.74, 6) is 0.443. The number of pyridine rings is 1. The van der Waals surface area contributed by atoms with E-state index in [1.165, 1.54) is 44.1 Å². The zero-order chi connectivity index (χ0) is 44.9. The highest BCUT2D eigenvalue weighted by atomic mass is 33.1. The number of anilines is 2. The number of likely N-dealkylation sites (N-methyl/N-ethyl adjacent to an activating group) is 1. The second-order valence-corrected chi connectivity index (χ2v) is 14.7. The van der Waals surface area contributed by atoms with Gasteiger partial charge in [-0.15, -0.1) is 23.3 Å². The third-order valence-electron chi connectivity index (χ3n) is 9.32. The van der Waals surface area contributed by atoms with Gasteiger partial charge in [0.05, 0.1) is 29.7 Å². The molecule has 0 saturated heterocycles. The van der Waals surface area contributed by atoms with Crippen molar-refractivity contribution in [3.8, 4) is 0 Å². The number of hydrogen-bond acceptors (Lipinski definition) is 13. The van der Waals surface area contributed by atoms with Crippen LogP contribution in [0, 0.1) is 0 Å². The van der Waals surface area contributed by atoms with Crippen molar-refractivity contribution in [2.24, 2.45) is 15.7 Å². The summed E-state index contributed by atoms with van der Waals surface area (Å²) in [5, 5.41) is 10.8. The van der Waals surface area contributed by atoms with E-state index in [0.717, 1.165) is 80.9 Å². The number of rotatable bonds is 25. The molecule has 0 radical (unpaired) electrons. The van der Waals surface area contributed by atoms with E-state index in [1.54, 1.807) is 11.8 Å². The molecule has 0 saturated carbocycles. The number of hydrogen-bond donors (Lipinski definition) is 7. The lowest BCUT2D eigenvalue weighted by molar-refractivity contribution is -0.122. The lowest BCUT2D eigenvalue weighted by Gasteiger charge is -2.34. The van der Waals surface area contributed by atoms with Crippen molar-refractivity contribution in [2.75, 3.05) is 57.6 Å². The first-order chi connectivity index (χ1) is 28.5. The fourth-order valence-corrected chi connectivity index (χ4v) is 6.45. The molecule has 0 bridgehead atoms. The Bertz CT molecular complexity index is 1490. The van der Waals surface area contributed by atoms with Crippen LogP contribution in [0.4, 0.5) is 17.2 Å². The molecule has 1 aliphatic rings. The van der Waals surface area contributed by atoms with Gasteiger partial charge in [0, 0.05) is 62.9 Å². The molecule has 1 aliphatic heterocycles. The van der Waals surface area contributed by atoms with Crippen LogP contribution in [0.25, 0.3) is 10.9 Å². The Labute approximate surface area is 367 Å².